The van der Waals surface area contributed by atoms with E-state index in [0.29, 0.717) is 11.2 Å². The molecule has 0 aliphatic heterocycles. The number of aryl methyl sites for hydroxylation is 1. The number of fused-ring (bicyclic) bond motifs is 1. The molecule has 0 fully saturated rings. The van der Waals surface area contributed by atoms with Crippen molar-refractivity contribution >= 4 is 16.9 Å². The average Bonchev–Trinajstić information content (AvgIpc) is 2.53. The third-order valence-corrected chi connectivity index (χ3v) is 2.51. The normalized spacial score (nSPS) is 11.8. The molecule has 3 nitrogen and oxygen atoms in total. The predicted molar refractivity (Wildman–Crippen MR) is 59.3 cm³/mol. The molecule has 0 aliphatic carbocycles. The predicted octanol–water partition coefficient (Wildman–Crippen LogP) is 3.42. The number of esters is 1. The monoisotopic (exact) mass is 257 g/mol. The van der Waals surface area contributed by atoms with Gasteiger partial charge in [0.1, 0.15) is 0 Å². The third kappa shape index (κ3) is 2.05. The number of aromatic amines is 1. The molecule has 0 saturated carbocycles. The van der Waals surface area contributed by atoms with Crippen LogP contribution in [0.4, 0.5) is 13.2 Å². The molecule has 1 heterocycles. The fourth-order valence-corrected chi connectivity index (χ4v) is 1.85. The summed E-state index contributed by atoms with van der Waals surface area (Å²) in [6, 6.07) is 3.77. The maximum atomic E-state index is 12.9. The van der Waals surface area contributed by atoms with E-state index in [2.05, 4.69) is 4.98 Å². The van der Waals surface area contributed by atoms with Gasteiger partial charge in [0.05, 0.1) is 22.2 Å². The maximum Gasteiger partial charge on any atom is 0.417 e. The average molecular weight is 257 g/mol. The summed E-state index contributed by atoms with van der Waals surface area (Å²) in [6.07, 6.45) is -4.50. The van der Waals surface area contributed by atoms with E-state index in [1.165, 1.54) is 12.1 Å². The molecular formula is C12H10F3NO2. The number of H-pyrrole nitrogens is 1. The van der Waals surface area contributed by atoms with Gasteiger partial charge in [-0.25, -0.2) is 0 Å². The largest absolute Gasteiger partial charge is 0.424 e. The zero-order chi connectivity index (χ0) is 13.5. The summed E-state index contributed by atoms with van der Waals surface area (Å²) in [5, 5.41) is -0.113. The molecule has 0 unspecified atom stereocenters. The zero-order valence-corrected chi connectivity index (χ0v) is 9.68. The molecule has 96 valence electrons. The Morgan fingerprint density at radius 2 is 2.00 bits per heavy atom. The van der Waals surface area contributed by atoms with Gasteiger partial charge in [-0.15, -0.1) is 0 Å². The van der Waals surface area contributed by atoms with Gasteiger partial charge in [-0.1, -0.05) is 6.07 Å². The van der Waals surface area contributed by atoms with Crippen LogP contribution in [-0.4, -0.2) is 11.0 Å². The quantitative estimate of drug-likeness (QED) is 0.795. The van der Waals surface area contributed by atoms with E-state index in [4.69, 9.17) is 4.74 Å². The van der Waals surface area contributed by atoms with E-state index in [0.717, 1.165) is 13.0 Å². The van der Waals surface area contributed by atoms with E-state index in [1.807, 2.05) is 0 Å². The molecule has 6 heteroatoms. The lowest BCUT2D eigenvalue weighted by Crippen LogP contribution is -2.07. The van der Waals surface area contributed by atoms with Gasteiger partial charge in [-0.05, 0) is 19.1 Å². The highest BCUT2D eigenvalue weighted by molar-refractivity contribution is 5.93. The van der Waals surface area contributed by atoms with Crippen molar-refractivity contribution in [3.63, 3.8) is 0 Å². The summed E-state index contributed by atoms with van der Waals surface area (Å²) >= 11 is 0. The van der Waals surface area contributed by atoms with E-state index in [-0.39, 0.29) is 11.1 Å². The summed E-state index contributed by atoms with van der Waals surface area (Å²) in [7, 11) is 0. The minimum atomic E-state index is -4.50. The van der Waals surface area contributed by atoms with Gasteiger partial charge in [0, 0.05) is 6.92 Å². The second-order valence-electron chi connectivity index (χ2n) is 3.90. The molecule has 1 aromatic carbocycles. The van der Waals surface area contributed by atoms with E-state index < -0.39 is 17.7 Å². The lowest BCUT2D eigenvalue weighted by Gasteiger charge is -2.09. The third-order valence-electron chi connectivity index (χ3n) is 2.51. The Labute approximate surface area is 101 Å². The standard InChI is InChI=1S/C12H10F3NO2/c1-6-11(18-7(2)17)10-8(12(13,14)15)4-3-5-9(10)16-6/h3-5,16H,1-2H3. The summed E-state index contributed by atoms with van der Waals surface area (Å²) < 4.78 is 43.5. The molecule has 0 bridgehead atoms. The van der Waals surface area contributed by atoms with Gasteiger partial charge >= 0.3 is 12.1 Å². The molecule has 1 N–H and O–H groups in total. The summed E-state index contributed by atoms with van der Waals surface area (Å²) in [5.41, 5.74) is -0.143. The Morgan fingerprint density at radius 3 is 2.56 bits per heavy atom. The smallest absolute Gasteiger partial charge is 0.417 e. The van der Waals surface area contributed by atoms with Gasteiger partial charge in [-0.2, -0.15) is 13.2 Å². The first-order chi connectivity index (χ1) is 8.30. The number of rotatable bonds is 1. The zero-order valence-electron chi connectivity index (χ0n) is 9.68. The minimum absolute atomic E-state index is 0.0644. The van der Waals surface area contributed by atoms with Crippen LogP contribution in [0.1, 0.15) is 18.2 Å². The molecule has 1 aromatic heterocycles. The molecule has 0 atom stereocenters. The van der Waals surface area contributed by atoms with Crippen molar-refractivity contribution in [2.75, 3.05) is 0 Å². The molecule has 18 heavy (non-hydrogen) atoms. The second kappa shape index (κ2) is 4.04. The first-order valence-electron chi connectivity index (χ1n) is 5.17. The Morgan fingerprint density at radius 1 is 1.33 bits per heavy atom. The molecule has 2 rings (SSSR count). The topological polar surface area (TPSA) is 42.1 Å². The van der Waals surface area contributed by atoms with Crippen molar-refractivity contribution in [1.82, 2.24) is 4.98 Å². The first-order valence-corrected chi connectivity index (χ1v) is 5.17. The van der Waals surface area contributed by atoms with Crippen molar-refractivity contribution in [3.8, 4) is 5.75 Å². The number of halogens is 3. The van der Waals surface area contributed by atoms with Crippen LogP contribution in [0.3, 0.4) is 0 Å². The number of carbonyl (C=O) groups is 1. The lowest BCUT2D eigenvalue weighted by molar-refractivity contribution is -0.137. The number of ether oxygens (including phenoxy) is 1. The summed E-state index contributed by atoms with van der Waals surface area (Å²) in [5.74, 6) is -0.721. The van der Waals surface area contributed by atoms with Crippen molar-refractivity contribution in [3.05, 3.63) is 29.5 Å². The van der Waals surface area contributed by atoms with E-state index >= 15 is 0 Å². The van der Waals surface area contributed by atoms with Crippen LogP contribution in [0, 0.1) is 6.92 Å². The van der Waals surface area contributed by atoms with Gasteiger partial charge in [-0.3, -0.25) is 4.79 Å². The number of alkyl halides is 3. The number of benzene rings is 1. The molecule has 0 spiro atoms. The van der Waals surface area contributed by atoms with Crippen LogP contribution in [0.15, 0.2) is 18.2 Å². The number of carbonyl (C=O) groups excluding carboxylic acids is 1. The Bertz CT molecular complexity index is 614. The molecule has 0 radical (unpaired) electrons. The van der Waals surface area contributed by atoms with Gasteiger partial charge < -0.3 is 9.72 Å². The van der Waals surface area contributed by atoms with Gasteiger partial charge in [0.2, 0.25) is 0 Å². The number of aromatic nitrogens is 1. The van der Waals surface area contributed by atoms with E-state index in [9.17, 15) is 18.0 Å². The molecule has 2 aromatic rings. The van der Waals surface area contributed by atoms with Crippen molar-refractivity contribution in [2.45, 2.75) is 20.0 Å². The van der Waals surface area contributed by atoms with Crippen molar-refractivity contribution in [2.24, 2.45) is 0 Å². The highest BCUT2D eigenvalue weighted by atomic mass is 19.4. The fraction of sp³-hybridized carbons (Fsp3) is 0.250. The highest BCUT2D eigenvalue weighted by Gasteiger charge is 2.34. The van der Waals surface area contributed by atoms with Gasteiger partial charge in [0.15, 0.2) is 5.75 Å². The van der Waals surface area contributed by atoms with Crippen LogP contribution in [0.25, 0.3) is 10.9 Å². The minimum Gasteiger partial charge on any atom is -0.424 e. The Balaban J connectivity index is 2.77. The van der Waals surface area contributed by atoms with Crippen LogP contribution >= 0.6 is 0 Å². The van der Waals surface area contributed by atoms with Crippen LogP contribution < -0.4 is 4.74 Å². The molecule has 0 saturated heterocycles. The molecule has 0 aliphatic rings. The lowest BCUT2D eigenvalue weighted by atomic mass is 10.1. The maximum absolute atomic E-state index is 12.9. The highest BCUT2D eigenvalue weighted by Crippen LogP contribution is 2.40. The SMILES string of the molecule is CC(=O)Oc1c(C)[nH]c2cccc(C(F)(F)F)c12. The Kier molecular flexibility index (Phi) is 2.80. The Hall–Kier alpha value is -1.98. The van der Waals surface area contributed by atoms with Crippen LogP contribution in [0.2, 0.25) is 0 Å². The van der Waals surface area contributed by atoms with Crippen LogP contribution in [-0.2, 0) is 11.0 Å². The summed E-state index contributed by atoms with van der Waals surface area (Å²) in [6.45, 7) is 2.70. The molecule has 0 amide bonds. The van der Waals surface area contributed by atoms with Crippen molar-refractivity contribution < 1.29 is 22.7 Å². The van der Waals surface area contributed by atoms with E-state index in [1.54, 1.807) is 6.92 Å². The molecular weight excluding hydrogens is 247 g/mol. The number of hydrogen-bond acceptors (Lipinski definition) is 2. The second-order valence-corrected chi connectivity index (χ2v) is 3.90. The number of nitrogens with one attached hydrogen (secondary N) is 1. The van der Waals surface area contributed by atoms with Gasteiger partial charge in [0.25, 0.3) is 0 Å². The van der Waals surface area contributed by atoms with Crippen LogP contribution in [0.5, 0.6) is 5.75 Å². The first kappa shape index (κ1) is 12.5. The fourth-order valence-electron chi connectivity index (χ4n) is 1.85. The summed E-state index contributed by atoms with van der Waals surface area (Å²) in [4.78, 5) is 13.7. The van der Waals surface area contributed by atoms with Crippen molar-refractivity contribution in [1.29, 1.82) is 0 Å². The number of hydrogen-bond donors (Lipinski definition) is 1.